The topological polar surface area (TPSA) is 64.3 Å². The highest BCUT2D eigenvalue weighted by molar-refractivity contribution is 9.10. The zero-order valence-electron chi connectivity index (χ0n) is 9.29. The lowest BCUT2D eigenvalue weighted by Crippen LogP contribution is -2.39. The molecular formula is C11H15BrN2O2. The van der Waals surface area contributed by atoms with Gasteiger partial charge in [0.1, 0.15) is 6.04 Å². The van der Waals surface area contributed by atoms with Crippen LogP contribution in [0.2, 0.25) is 0 Å². The van der Waals surface area contributed by atoms with Gasteiger partial charge in [-0.3, -0.25) is 4.79 Å². The van der Waals surface area contributed by atoms with Gasteiger partial charge >= 0.3 is 0 Å². The molecule has 0 bridgehead atoms. The second-order valence-corrected chi connectivity index (χ2v) is 4.39. The van der Waals surface area contributed by atoms with Gasteiger partial charge in [-0.05, 0) is 40.5 Å². The number of anilines is 1. The van der Waals surface area contributed by atoms with Gasteiger partial charge in [-0.25, -0.2) is 0 Å². The highest BCUT2D eigenvalue weighted by Crippen LogP contribution is 2.23. The maximum absolute atomic E-state index is 11.6. The molecule has 5 heteroatoms. The van der Waals surface area contributed by atoms with E-state index in [1.165, 1.54) is 7.11 Å². The van der Waals surface area contributed by atoms with E-state index < -0.39 is 6.04 Å². The standard InChI is InChI=1S/C11H15BrN2O2/c1-7-3-4-8(12)10(5-7)14-11(15)9(13)6-16-2/h3-5,9H,6,13H2,1-2H3,(H,14,15). The van der Waals surface area contributed by atoms with Crippen molar-refractivity contribution in [2.24, 2.45) is 5.73 Å². The van der Waals surface area contributed by atoms with Crippen molar-refractivity contribution < 1.29 is 9.53 Å². The maximum atomic E-state index is 11.6. The number of carbonyl (C=O) groups is 1. The lowest BCUT2D eigenvalue weighted by atomic mass is 10.2. The molecule has 0 heterocycles. The Morgan fingerprint density at radius 2 is 2.31 bits per heavy atom. The molecule has 3 N–H and O–H groups in total. The molecule has 1 rings (SSSR count). The van der Waals surface area contributed by atoms with Crippen molar-refractivity contribution in [2.75, 3.05) is 19.0 Å². The van der Waals surface area contributed by atoms with E-state index in [0.717, 1.165) is 15.7 Å². The molecule has 4 nitrogen and oxygen atoms in total. The molecule has 0 radical (unpaired) electrons. The molecule has 1 amide bonds. The van der Waals surface area contributed by atoms with Gasteiger partial charge in [0.2, 0.25) is 5.91 Å². The van der Waals surface area contributed by atoms with Crippen LogP contribution in [-0.2, 0) is 9.53 Å². The SMILES string of the molecule is COCC(N)C(=O)Nc1cc(C)ccc1Br. The first-order chi connectivity index (χ1) is 7.54. The summed E-state index contributed by atoms with van der Waals surface area (Å²) in [7, 11) is 1.51. The Morgan fingerprint density at radius 1 is 1.62 bits per heavy atom. The zero-order valence-corrected chi connectivity index (χ0v) is 10.9. The van der Waals surface area contributed by atoms with Crippen LogP contribution in [0, 0.1) is 6.92 Å². The minimum atomic E-state index is -0.655. The number of aryl methyl sites for hydroxylation is 1. The van der Waals surface area contributed by atoms with Gasteiger partial charge in [-0.2, -0.15) is 0 Å². The number of ether oxygens (including phenoxy) is 1. The number of nitrogens with two attached hydrogens (primary N) is 1. The summed E-state index contributed by atoms with van der Waals surface area (Å²) in [6.45, 7) is 2.16. The largest absolute Gasteiger partial charge is 0.383 e. The lowest BCUT2D eigenvalue weighted by molar-refractivity contribution is -0.118. The molecule has 1 aromatic carbocycles. The van der Waals surface area contributed by atoms with Crippen molar-refractivity contribution >= 4 is 27.5 Å². The first-order valence-corrected chi connectivity index (χ1v) is 5.65. The first-order valence-electron chi connectivity index (χ1n) is 4.86. The fourth-order valence-corrected chi connectivity index (χ4v) is 1.56. The first kappa shape index (κ1) is 13.2. The van der Waals surface area contributed by atoms with Crippen molar-refractivity contribution in [1.82, 2.24) is 0 Å². The van der Waals surface area contributed by atoms with Crippen molar-refractivity contribution in [1.29, 1.82) is 0 Å². The minimum absolute atomic E-state index is 0.204. The van der Waals surface area contributed by atoms with Crippen molar-refractivity contribution in [3.63, 3.8) is 0 Å². The van der Waals surface area contributed by atoms with E-state index in [9.17, 15) is 4.79 Å². The van der Waals surface area contributed by atoms with E-state index in [1.807, 2.05) is 25.1 Å². The summed E-state index contributed by atoms with van der Waals surface area (Å²) >= 11 is 3.36. The third-order valence-corrected chi connectivity index (χ3v) is 2.75. The monoisotopic (exact) mass is 286 g/mol. The molecule has 0 aliphatic rings. The fourth-order valence-electron chi connectivity index (χ4n) is 1.22. The Bertz CT molecular complexity index is 382. The summed E-state index contributed by atoms with van der Waals surface area (Å²) < 4.78 is 5.65. The molecule has 0 aliphatic carbocycles. The second-order valence-electron chi connectivity index (χ2n) is 3.53. The Kier molecular flexibility index (Phi) is 4.92. The van der Waals surface area contributed by atoms with Gasteiger partial charge in [-0.15, -0.1) is 0 Å². The van der Waals surface area contributed by atoms with E-state index in [1.54, 1.807) is 0 Å². The summed E-state index contributed by atoms with van der Waals surface area (Å²) in [6, 6.07) is 5.06. The molecular weight excluding hydrogens is 272 g/mol. The molecule has 88 valence electrons. The Hall–Kier alpha value is -0.910. The van der Waals surface area contributed by atoms with Gasteiger partial charge in [0.25, 0.3) is 0 Å². The maximum Gasteiger partial charge on any atom is 0.243 e. The number of hydrogen-bond acceptors (Lipinski definition) is 3. The van der Waals surface area contributed by atoms with Crippen LogP contribution in [-0.4, -0.2) is 25.7 Å². The predicted molar refractivity (Wildman–Crippen MR) is 67.4 cm³/mol. The second kappa shape index (κ2) is 5.98. The third kappa shape index (κ3) is 3.59. The van der Waals surface area contributed by atoms with Gasteiger partial charge in [-0.1, -0.05) is 6.07 Å². The molecule has 16 heavy (non-hydrogen) atoms. The van der Waals surface area contributed by atoms with E-state index in [0.29, 0.717) is 0 Å². The molecule has 0 aliphatic heterocycles. The highest BCUT2D eigenvalue weighted by atomic mass is 79.9. The molecule has 0 spiro atoms. The number of nitrogens with one attached hydrogen (secondary N) is 1. The predicted octanol–water partition coefficient (Wildman–Crippen LogP) is 1.67. The zero-order chi connectivity index (χ0) is 12.1. The summed E-state index contributed by atoms with van der Waals surface area (Å²) in [5.74, 6) is -0.256. The normalized spacial score (nSPS) is 12.2. The number of benzene rings is 1. The van der Waals surface area contributed by atoms with Crippen LogP contribution >= 0.6 is 15.9 Å². The quantitative estimate of drug-likeness (QED) is 0.885. The number of rotatable bonds is 4. The number of methoxy groups -OCH3 is 1. The van der Waals surface area contributed by atoms with Crippen LogP contribution in [0.1, 0.15) is 5.56 Å². The molecule has 0 aromatic heterocycles. The fraction of sp³-hybridized carbons (Fsp3) is 0.364. The van der Waals surface area contributed by atoms with Crippen molar-refractivity contribution in [3.05, 3.63) is 28.2 Å². The molecule has 1 aromatic rings. The van der Waals surface area contributed by atoms with E-state index in [2.05, 4.69) is 21.2 Å². The van der Waals surface area contributed by atoms with Crippen LogP contribution in [0.15, 0.2) is 22.7 Å². The van der Waals surface area contributed by atoms with E-state index >= 15 is 0 Å². The van der Waals surface area contributed by atoms with E-state index in [-0.39, 0.29) is 12.5 Å². The van der Waals surface area contributed by atoms with Crippen LogP contribution in [0.25, 0.3) is 0 Å². The van der Waals surface area contributed by atoms with Crippen LogP contribution in [0.3, 0.4) is 0 Å². The van der Waals surface area contributed by atoms with E-state index in [4.69, 9.17) is 10.5 Å². The summed E-state index contributed by atoms with van der Waals surface area (Å²) in [4.78, 5) is 11.6. The molecule has 0 saturated heterocycles. The number of hydrogen-bond donors (Lipinski definition) is 2. The number of amides is 1. The van der Waals surface area contributed by atoms with Gasteiger partial charge in [0.15, 0.2) is 0 Å². The number of carbonyl (C=O) groups excluding carboxylic acids is 1. The van der Waals surface area contributed by atoms with Crippen LogP contribution < -0.4 is 11.1 Å². The summed E-state index contributed by atoms with van der Waals surface area (Å²) in [5.41, 5.74) is 7.40. The average molecular weight is 287 g/mol. The van der Waals surface area contributed by atoms with Gasteiger partial charge in [0, 0.05) is 11.6 Å². The minimum Gasteiger partial charge on any atom is -0.383 e. The molecule has 0 saturated carbocycles. The Balaban J connectivity index is 2.72. The van der Waals surface area contributed by atoms with Crippen LogP contribution in [0.4, 0.5) is 5.69 Å². The van der Waals surface area contributed by atoms with Crippen molar-refractivity contribution in [2.45, 2.75) is 13.0 Å². The average Bonchev–Trinajstić information content (AvgIpc) is 2.23. The van der Waals surface area contributed by atoms with Crippen molar-refractivity contribution in [3.8, 4) is 0 Å². The summed E-state index contributed by atoms with van der Waals surface area (Å²) in [5, 5.41) is 2.74. The molecule has 0 fully saturated rings. The molecule has 1 unspecified atom stereocenters. The summed E-state index contributed by atoms with van der Waals surface area (Å²) in [6.07, 6.45) is 0. The lowest BCUT2D eigenvalue weighted by Gasteiger charge is -2.12. The van der Waals surface area contributed by atoms with Gasteiger partial charge in [0.05, 0.1) is 12.3 Å². The number of halogens is 1. The molecule has 1 atom stereocenters. The Labute approximate surface area is 103 Å². The highest BCUT2D eigenvalue weighted by Gasteiger charge is 2.14. The third-order valence-electron chi connectivity index (χ3n) is 2.06. The van der Waals surface area contributed by atoms with Crippen LogP contribution in [0.5, 0.6) is 0 Å². The Morgan fingerprint density at radius 3 is 2.94 bits per heavy atom. The smallest absolute Gasteiger partial charge is 0.243 e. The van der Waals surface area contributed by atoms with Gasteiger partial charge < -0.3 is 15.8 Å².